The van der Waals surface area contributed by atoms with Crippen LogP contribution in [0.25, 0.3) is 0 Å². The Bertz CT molecular complexity index is 938. The SMILES string of the molecule is CC(CCC1CC[NH2+]C(N)C1)=C(CO)C[C@@]12O[C@]1(C(=O)O[C@H](CO)CCCO)C(=O)C1CCCCC1C2=O. The number of carbonyl (C=O) groups excluding carboxylic acids is 3. The predicted molar refractivity (Wildman–Crippen MR) is 136 cm³/mol. The lowest BCUT2D eigenvalue weighted by Crippen LogP contribution is -2.94. The highest BCUT2D eigenvalue weighted by Crippen LogP contribution is 2.62. The van der Waals surface area contributed by atoms with Crippen molar-refractivity contribution in [2.24, 2.45) is 23.5 Å². The van der Waals surface area contributed by atoms with Crippen molar-refractivity contribution in [3.05, 3.63) is 11.1 Å². The number of carbonyl (C=O) groups is 3. The largest absolute Gasteiger partial charge is 0.457 e. The molecule has 0 aromatic rings. The van der Waals surface area contributed by atoms with Gasteiger partial charge in [-0.05, 0) is 63.4 Å². The number of allylic oxidation sites excluding steroid dienone is 1. The molecule has 0 radical (unpaired) electrons. The van der Waals surface area contributed by atoms with Gasteiger partial charge in [-0.25, -0.2) is 4.79 Å². The lowest BCUT2D eigenvalue weighted by Gasteiger charge is -2.37. The van der Waals surface area contributed by atoms with Crippen LogP contribution in [0.5, 0.6) is 0 Å². The number of fused-ring (bicyclic) bond motifs is 2. The molecule has 7 atom stereocenters. The van der Waals surface area contributed by atoms with Crippen LogP contribution < -0.4 is 11.1 Å². The molecule has 2 saturated heterocycles. The van der Waals surface area contributed by atoms with Gasteiger partial charge >= 0.3 is 5.97 Å². The van der Waals surface area contributed by atoms with Crippen molar-refractivity contribution in [2.75, 3.05) is 26.4 Å². The number of ether oxygens (including phenoxy) is 2. The maximum atomic E-state index is 13.9. The van der Waals surface area contributed by atoms with Crippen molar-refractivity contribution in [3.8, 4) is 0 Å². The molecular weight excluding hydrogens is 492 g/mol. The zero-order valence-corrected chi connectivity index (χ0v) is 22.5. The van der Waals surface area contributed by atoms with Crippen LogP contribution in [0, 0.1) is 17.8 Å². The van der Waals surface area contributed by atoms with Crippen molar-refractivity contribution < 1.29 is 44.5 Å². The van der Waals surface area contributed by atoms with Crippen LogP contribution in [-0.2, 0) is 23.9 Å². The van der Waals surface area contributed by atoms with E-state index in [2.05, 4.69) is 5.32 Å². The molecule has 7 N–H and O–H groups in total. The van der Waals surface area contributed by atoms with E-state index in [9.17, 15) is 24.6 Å². The standard InChI is InChI=1S/C28H44N2O8/c1-17(8-9-18-10-11-30-23(29)13-18)19(15-32)14-27-24(34)21-6-2-3-7-22(21)25(35)28(27,38-27)26(36)37-20(16-33)5-4-12-31/h18,20-23,30-33H,2-16,29H2,1H3/p+1/t18?,20-,21?,22?,23?,27-,28-/m0/s1. The summed E-state index contributed by atoms with van der Waals surface area (Å²) in [6, 6.07) is 0. The minimum atomic E-state index is -2.04. The zero-order valence-electron chi connectivity index (χ0n) is 22.5. The molecule has 2 saturated carbocycles. The first-order valence-electron chi connectivity index (χ1n) is 14.3. The van der Waals surface area contributed by atoms with Gasteiger partial charge in [-0.1, -0.05) is 18.4 Å². The summed E-state index contributed by atoms with van der Waals surface area (Å²) in [5.41, 5.74) is 3.92. The number of epoxide rings is 1. The number of aliphatic hydroxyl groups excluding tert-OH is 3. The molecule has 10 nitrogen and oxygen atoms in total. The van der Waals surface area contributed by atoms with Crippen molar-refractivity contribution in [3.63, 3.8) is 0 Å². The van der Waals surface area contributed by atoms with E-state index in [0.717, 1.165) is 50.6 Å². The molecule has 4 fully saturated rings. The number of rotatable bonds is 12. The maximum absolute atomic E-state index is 13.9. The highest BCUT2D eigenvalue weighted by molar-refractivity contribution is 6.23. The molecule has 4 aliphatic rings. The van der Waals surface area contributed by atoms with Crippen molar-refractivity contribution in [1.82, 2.24) is 0 Å². The number of hydrogen-bond donors (Lipinski definition) is 5. The van der Waals surface area contributed by atoms with Gasteiger partial charge < -0.3 is 30.1 Å². The molecule has 0 amide bonds. The second kappa shape index (κ2) is 12.2. The van der Waals surface area contributed by atoms with Crippen molar-refractivity contribution in [2.45, 2.75) is 101 Å². The number of piperidine rings is 1. The van der Waals surface area contributed by atoms with Gasteiger partial charge in [0.25, 0.3) is 5.60 Å². The average Bonchev–Trinajstić information content (AvgIpc) is 3.63. The molecule has 0 aromatic heterocycles. The van der Waals surface area contributed by atoms with Gasteiger partial charge in [0, 0.05) is 31.3 Å². The van der Waals surface area contributed by atoms with E-state index in [1.807, 2.05) is 6.92 Å². The minimum Gasteiger partial charge on any atom is -0.457 e. The van der Waals surface area contributed by atoms with E-state index in [1.54, 1.807) is 0 Å². The summed E-state index contributed by atoms with van der Waals surface area (Å²) in [7, 11) is 0. The average molecular weight is 538 g/mol. The Balaban J connectivity index is 1.58. The van der Waals surface area contributed by atoms with E-state index < -0.39 is 47.5 Å². The Morgan fingerprint density at radius 1 is 1.16 bits per heavy atom. The van der Waals surface area contributed by atoms with Gasteiger partial charge in [0.2, 0.25) is 0 Å². The summed E-state index contributed by atoms with van der Waals surface area (Å²) in [6.45, 7) is 2.03. The summed E-state index contributed by atoms with van der Waals surface area (Å²) in [5.74, 6) is -2.19. The Labute approximate surface area is 224 Å². The highest BCUT2D eigenvalue weighted by atomic mass is 16.7. The normalized spacial score (nSPS) is 36.1. The van der Waals surface area contributed by atoms with Crippen LogP contribution in [0.4, 0.5) is 0 Å². The number of Topliss-reactive ketones (excluding diaryl/α,β-unsaturated/α-hetero) is 2. The number of ketones is 2. The van der Waals surface area contributed by atoms with Crippen molar-refractivity contribution in [1.29, 1.82) is 0 Å². The summed E-state index contributed by atoms with van der Waals surface area (Å²) in [6.07, 6.45) is 6.10. The van der Waals surface area contributed by atoms with Crippen LogP contribution in [0.3, 0.4) is 0 Å². The van der Waals surface area contributed by atoms with E-state index in [4.69, 9.17) is 20.3 Å². The topological polar surface area (TPSA) is 176 Å². The fraction of sp³-hybridized carbons (Fsp3) is 0.821. The molecule has 2 heterocycles. The Hall–Kier alpha value is -1.69. The number of esters is 1. The van der Waals surface area contributed by atoms with Crippen LogP contribution in [0.15, 0.2) is 11.1 Å². The zero-order chi connectivity index (χ0) is 27.5. The molecule has 4 unspecified atom stereocenters. The molecule has 0 spiro atoms. The summed E-state index contributed by atoms with van der Waals surface area (Å²) in [5, 5.41) is 31.3. The lowest BCUT2D eigenvalue weighted by atomic mass is 9.60. The fourth-order valence-corrected chi connectivity index (χ4v) is 6.97. The van der Waals surface area contributed by atoms with E-state index in [1.165, 1.54) is 0 Å². The molecule has 38 heavy (non-hydrogen) atoms. The first-order chi connectivity index (χ1) is 18.2. The lowest BCUT2D eigenvalue weighted by molar-refractivity contribution is -0.699. The van der Waals surface area contributed by atoms with E-state index in [-0.39, 0.29) is 38.0 Å². The predicted octanol–water partition coefficient (Wildman–Crippen LogP) is -0.134. The third kappa shape index (κ3) is 5.36. The van der Waals surface area contributed by atoms with Crippen molar-refractivity contribution >= 4 is 17.5 Å². The third-order valence-corrected chi connectivity index (χ3v) is 9.32. The number of nitrogens with two attached hydrogens (primary N) is 2. The van der Waals surface area contributed by atoms with Crippen LogP contribution in [0.1, 0.15) is 77.6 Å². The van der Waals surface area contributed by atoms with Gasteiger partial charge in [-0.2, -0.15) is 0 Å². The highest BCUT2D eigenvalue weighted by Gasteiger charge is 2.87. The summed E-state index contributed by atoms with van der Waals surface area (Å²) < 4.78 is 11.5. The first kappa shape index (κ1) is 29.3. The van der Waals surface area contributed by atoms with Crippen LogP contribution in [-0.4, -0.2) is 82.7 Å². The smallest absolute Gasteiger partial charge is 0.350 e. The molecule has 2 aliphatic carbocycles. The third-order valence-electron chi connectivity index (χ3n) is 9.32. The van der Waals surface area contributed by atoms with Crippen LogP contribution in [0.2, 0.25) is 0 Å². The van der Waals surface area contributed by atoms with Crippen LogP contribution >= 0.6 is 0 Å². The monoisotopic (exact) mass is 537 g/mol. The molecule has 214 valence electrons. The van der Waals surface area contributed by atoms with Gasteiger partial charge in [-0.15, -0.1) is 0 Å². The second-order valence-corrected chi connectivity index (χ2v) is 11.7. The Morgan fingerprint density at radius 2 is 1.87 bits per heavy atom. The quantitative estimate of drug-likeness (QED) is 0.0982. The Kier molecular flexibility index (Phi) is 9.43. The molecule has 4 rings (SSSR count). The number of quaternary nitrogens is 1. The van der Waals surface area contributed by atoms with E-state index in [0.29, 0.717) is 30.8 Å². The second-order valence-electron chi connectivity index (χ2n) is 11.7. The maximum Gasteiger partial charge on any atom is 0.350 e. The molecule has 0 aromatic carbocycles. The molecule has 10 heteroatoms. The number of aliphatic hydroxyl groups is 3. The van der Waals surface area contributed by atoms with Gasteiger partial charge in [0.15, 0.2) is 17.2 Å². The summed E-state index contributed by atoms with van der Waals surface area (Å²) >= 11 is 0. The summed E-state index contributed by atoms with van der Waals surface area (Å²) in [4.78, 5) is 41.3. The van der Waals surface area contributed by atoms with Gasteiger partial charge in [0.05, 0.1) is 19.8 Å². The fourth-order valence-electron chi connectivity index (χ4n) is 6.97. The molecule has 0 bridgehead atoms. The first-order valence-corrected chi connectivity index (χ1v) is 14.3. The van der Waals surface area contributed by atoms with Gasteiger partial charge in [-0.3, -0.25) is 15.3 Å². The van der Waals surface area contributed by atoms with E-state index >= 15 is 0 Å². The van der Waals surface area contributed by atoms with Gasteiger partial charge in [0.1, 0.15) is 12.3 Å². The number of hydrogen-bond acceptors (Lipinski definition) is 9. The Morgan fingerprint density at radius 3 is 2.50 bits per heavy atom. The minimum absolute atomic E-state index is 0.0311. The molecule has 2 aliphatic heterocycles. The molecular formula is C28H45N2O8+.